The van der Waals surface area contributed by atoms with Crippen LogP contribution in [0.4, 0.5) is 0 Å². The van der Waals surface area contributed by atoms with Gasteiger partial charge in [-0.2, -0.15) is 5.10 Å². The highest BCUT2D eigenvalue weighted by Crippen LogP contribution is 2.14. The molecule has 0 saturated carbocycles. The van der Waals surface area contributed by atoms with E-state index in [1.54, 1.807) is 12.1 Å². The molecule has 1 aromatic carbocycles. The van der Waals surface area contributed by atoms with Crippen LogP contribution in [0.2, 0.25) is 0 Å². The molecule has 0 amide bonds. The van der Waals surface area contributed by atoms with E-state index in [-0.39, 0.29) is 0 Å². The maximum atomic E-state index is 12.2. The zero-order valence-corrected chi connectivity index (χ0v) is 14.4. The molecule has 2 rings (SSSR count). The Hall–Kier alpha value is -1.66. The first-order valence-electron chi connectivity index (χ1n) is 7.37. The quantitative estimate of drug-likeness (QED) is 0.831. The van der Waals surface area contributed by atoms with Crippen LogP contribution in [0.25, 0.3) is 0 Å². The van der Waals surface area contributed by atoms with Crippen molar-refractivity contribution in [3.05, 3.63) is 46.8 Å². The van der Waals surface area contributed by atoms with E-state index in [2.05, 4.69) is 9.82 Å². The van der Waals surface area contributed by atoms with Crippen LogP contribution in [0.3, 0.4) is 0 Å². The largest absolute Gasteiger partial charge is 0.270 e. The molecule has 0 radical (unpaired) electrons. The van der Waals surface area contributed by atoms with Crippen molar-refractivity contribution < 1.29 is 8.42 Å². The van der Waals surface area contributed by atoms with Gasteiger partial charge in [-0.25, -0.2) is 13.1 Å². The molecule has 22 heavy (non-hydrogen) atoms. The van der Waals surface area contributed by atoms with Gasteiger partial charge in [0.2, 0.25) is 10.0 Å². The zero-order chi connectivity index (χ0) is 16.3. The van der Waals surface area contributed by atoms with Crippen LogP contribution >= 0.6 is 0 Å². The van der Waals surface area contributed by atoms with Gasteiger partial charge in [0.05, 0.1) is 10.6 Å². The summed E-state index contributed by atoms with van der Waals surface area (Å²) in [7, 11) is -3.44. The Morgan fingerprint density at radius 1 is 1.09 bits per heavy atom. The Bertz CT molecular complexity index is 764. The fourth-order valence-corrected chi connectivity index (χ4v) is 3.46. The summed E-state index contributed by atoms with van der Waals surface area (Å²) in [6.45, 7) is 8.93. The molecule has 1 heterocycles. The van der Waals surface area contributed by atoms with Crippen LogP contribution < -0.4 is 4.72 Å². The summed E-state index contributed by atoms with van der Waals surface area (Å²) in [6, 6.07) is 7.20. The lowest BCUT2D eigenvalue weighted by molar-refractivity contribution is 0.544. The Labute approximate surface area is 132 Å². The minimum atomic E-state index is -3.44. The molecule has 0 fully saturated rings. The lowest BCUT2D eigenvalue weighted by atomic mass is 10.1. The van der Waals surface area contributed by atoms with E-state index in [0.717, 1.165) is 22.5 Å². The second-order valence-corrected chi connectivity index (χ2v) is 7.41. The van der Waals surface area contributed by atoms with Crippen LogP contribution in [-0.4, -0.2) is 24.7 Å². The van der Waals surface area contributed by atoms with Crippen molar-refractivity contribution in [2.45, 2.75) is 45.6 Å². The Balaban J connectivity index is 1.92. The summed E-state index contributed by atoms with van der Waals surface area (Å²) in [6.07, 6.45) is 0.700. The van der Waals surface area contributed by atoms with Crippen LogP contribution in [0.1, 0.15) is 28.9 Å². The highest BCUT2D eigenvalue weighted by atomic mass is 32.2. The molecule has 0 bridgehead atoms. The van der Waals surface area contributed by atoms with Gasteiger partial charge < -0.3 is 0 Å². The third-order valence-corrected chi connectivity index (χ3v) is 5.19. The van der Waals surface area contributed by atoms with Crippen molar-refractivity contribution in [2.24, 2.45) is 0 Å². The number of nitrogens with zero attached hydrogens (tertiary/aromatic N) is 2. The average Bonchev–Trinajstić information content (AvgIpc) is 2.76. The van der Waals surface area contributed by atoms with E-state index in [9.17, 15) is 8.42 Å². The van der Waals surface area contributed by atoms with Crippen LogP contribution in [0, 0.1) is 27.7 Å². The maximum Gasteiger partial charge on any atom is 0.240 e. The summed E-state index contributed by atoms with van der Waals surface area (Å²) >= 11 is 0. The summed E-state index contributed by atoms with van der Waals surface area (Å²) in [4.78, 5) is 0.321. The number of hydrogen-bond acceptors (Lipinski definition) is 3. The molecule has 0 spiro atoms. The Morgan fingerprint density at radius 2 is 1.82 bits per heavy atom. The van der Waals surface area contributed by atoms with E-state index in [0.29, 0.717) is 24.4 Å². The van der Waals surface area contributed by atoms with Crippen molar-refractivity contribution in [3.8, 4) is 0 Å². The van der Waals surface area contributed by atoms with Gasteiger partial charge in [0, 0.05) is 18.8 Å². The second kappa shape index (κ2) is 6.62. The Morgan fingerprint density at radius 3 is 2.41 bits per heavy atom. The number of nitrogens with one attached hydrogen (secondary N) is 1. The van der Waals surface area contributed by atoms with E-state index >= 15 is 0 Å². The van der Waals surface area contributed by atoms with Crippen molar-refractivity contribution >= 4 is 10.0 Å². The standard InChI is InChI=1S/C16H23N3O2S/c1-12-6-7-16(10-13(12)2)22(20,21)17-8-5-9-19-15(4)11-14(3)18-19/h6-7,10-11,17H,5,8-9H2,1-4H3. The molecule has 0 unspecified atom stereocenters. The van der Waals surface area contributed by atoms with Gasteiger partial charge >= 0.3 is 0 Å². The topological polar surface area (TPSA) is 64.0 Å². The first kappa shape index (κ1) is 16.7. The molecule has 0 atom stereocenters. The van der Waals surface area contributed by atoms with Gasteiger partial charge in [0.1, 0.15) is 0 Å². The SMILES string of the molecule is Cc1cc(C)n(CCCNS(=O)(=O)c2ccc(C)c(C)c2)n1. The third kappa shape index (κ3) is 3.96. The molecule has 120 valence electrons. The molecule has 1 aromatic heterocycles. The lowest BCUT2D eigenvalue weighted by Gasteiger charge is -2.09. The Kier molecular flexibility index (Phi) is 5.03. The van der Waals surface area contributed by atoms with Crippen molar-refractivity contribution in [3.63, 3.8) is 0 Å². The minimum Gasteiger partial charge on any atom is -0.270 e. The van der Waals surface area contributed by atoms with Gasteiger partial charge in [-0.15, -0.1) is 0 Å². The van der Waals surface area contributed by atoms with E-state index in [1.807, 2.05) is 44.5 Å². The number of benzene rings is 1. The zero-order valence-electron chi connectivity index (χ0n) is 13.5. The van der Waals surface area contributed by atoms with Crippen LogP contribution in [0.15, 0.2) is 29.2 Å². The fourth-order valence-electron chi connectivity index (χ4n) is 2.30. The van der Waals surface area contributed by atoms with Crippen molar-refractivity contribution in [1.82, 2.24) is 14.5 Å². The van der Waals surface area contributed by atoms with Gasteiger partial charge in [0.15, 0.2) is 0 Å². The number of aromatic nitrogens is 2. The van der Waals surface area contributed by atoms with Gasteiger partial charge in [-0.1, -0.05) is 6.07 Å². The van der Waals surface area contributed by atoms with Crippen LogP contribution in [-0.2, 0) is 16.6 Å². The lowest BCUT2D eigenvalue weighted by Crippen LogP contribution is -2.26. The van der Waals surface area contributed by atoms with E-state index in [4.69, 9.17) is 0 Å². The normalized spacial score (nSPS) is 11.8. The highest BCUT2D eigenvalue weighted by molar-refractivity contribution is 7.89. The summed E-state index contributed by atoms with van der Waals surface area (Å²) in [5.41, 5.74) is 4.14. The van der Waals surface area contributed by atoms with Gasteiger partial charge in [-0.05, 0) is 63.4 Å². The summed E-state index contributed by atoms with van der Waals surface area (Å²) in [5.74, 6) is 0. The van der Waals surface area contributed by atoms with E-state index in [1.165, 1.54) is 0 Å². The number of rotatable bonds is 6. The molecule has 1 N–H and O–H groups in total. The minimum absolute atomic E-state index is 0.321. The molecule has 6 heteroatoms. The summed E-state index contributed by atoms with van der Waals surface area (Å²) in [5, 5.41) is 4.36. The molecular weight excluding hydrogens is 298 g/mol. The monoisotopic (exact) mass is 321 g/mol. The predicted molar refractivity (Wildman–Crippen MR) is 87.4 cm³/mol. The number of aryl methyl sites for hydroxylation is 5. The van der Waals surface area contributed by atoms with Crippen molar-refractivity contribution in [2.75, 3.05) is 6.54 Å². The predicted octanol–water partition coefficient (Wildman–Crippen LogP) is 2.49. The number of hydrogen-bond donors (Lipinski definition) is 1. The third-order valence-electron chi connectivity index (χ3n) is 3.73. The molecule has 0 aliphatic heterocycles. The molecule has 0 aliphatic carbocycles. The summed E-state index contributed by atoms with van der Waals surface area (Å²) < 4.78 is 29.0. The average molecular weight is 321 g/mol. The fraction of sp³-hybridized carbons (Fsp3) is 0.438. The van der Waals surface area contributed by atoms with Crippen LogP contribution in [0.5, 0.6) is 0 Å². The molecule has 0 saturated heterocycles. The van der Waals surface area contributed by atoms with Crippen molar-refractivity contribution in [1.29, 1.82) is 0 Å². The van der Waals surface area contributed by atoms with Gasteiger partial charge in [-0.3, -0.25) is 4.68 Å². The first-order chi connectivity index (χ1) is 10.3. The molecule has 5 nitrogen and oxygen atoms in total. The highest BCUT2D eigenvalue weighted by Gasteiger charge is 2.13. The molecule has 0 aliphatic rings. The van der Waals surface area contributed by atoms with Gasteiger partial charge in [0.25, 0.3) is 0 Å². The molecule has 2 aromatic rings. The number of sulfonamides is 1. The van der Waals surface area contributed by atoms with E-state index < -0.39 is 10.0 Å². The maximum absolute atomic E-state index is 12.2. The first-order valence-corrected chi connectivity index (χ1v) is 8.86. The molecular formula is C16H23N3O2S. The smallest absolute Gasteiger partial charge is 0.240 e. The second-order valence-electron chi connectivity index (χ2n) is 5.65.